The smallest absolute Gasteiger partial charge is 0.309 e. The molecule has 19 heavy (non-hydrogen) atoms. The molecule has 2 N–H and O–H groups in total. The number of benzene rings is 1. The average Bonchev–Trinajstić information content (AvgIpc) is 2.45. The van der Waals surface area contributed by atoms with Gasteiger partial charge in [-0.3, -0.25) is 4.79 Å². The van der Waals surface area contributed by atoms with Crippen molar-refractivity contribution in [3.63, 3.8) is 0 Å². The van der Waals surface area contributed by atoms with E-state index in [9.17, 15) is 4.79 Å². The number of hydrogen-bond donors (Lipinski definition) is 1. The van der Waals surface area contributed by atoms with Gasteiger partial charge in [-0.2, -0.15) is 10.5 Å². The zero-order valence-corrected chi connectivity index (χ0v) is 10.9. The maximum absolute atomic E-state index is 11.4. The summed E-state index contributed by atoms with van der Waals surface area (Å²) >= 11 is 0. The van der Waals surface area contributed by atoms with Crippen molar-refractivity contribution in [3.05, 3.63) is 34.9 Å². The lowest BCUT2D eigenvalue weighted by Gasteiger charge is -2.17. The molecular formula is C14H15N3O2. The molecule has 0 aromatic heterocycles. The molecule has 1 aromatic rings. The van der Waals surface area contributed by atoms with Crippen LogP contribution in [0.4, 0.5) is 0 Å². The summed E-state index contributed by atoms with van der Waals surface area (Å²) in [6.45, 7) is 1.70. The largest absolute Gasteiger partial charge is 0.469 e. The minimum atomic E-state index is -0.425. The van der Waals surface area contributed by atoms with E-state index < -0.39 is 12.0 Å². The van der Waals surface area contributed by atoms with Crippen molar-refractivity contribution in [1.82, 2.24) is 0 Å². The Kier molecular flexibility index (Phi) is 5.05. The normalized spacial score (nSPS) is 12.9. The number of nitrogens with two attached hydrogens (primary N) is 1. The van der Waals surface area contributed by atoms with Crippen LogP contribution in [0.5, 0.6) is 0 Å². The number of rotatable bonds is 4. The Morgan fingerprint density at radius 1 is 1.37 bits per heavy atom. The molecule has 0 saturated carbocycles. The third-order valence-corrected chi connectivity index (χ3v) is 3.01. The highest BCUT2D eigenvalue weighted by atomic mass is 16.5. The lowest BCUT2D eigenvalue weighted by atomic mass is 9.94. The molecule has 0 bridgehead atoms. The summed E-state index contributed by atoms with van der Waals surface area (Å²) in [5, 5.41) is 17.8. The highest BCUT2D eigenvalue weighted by Crippen LogP contribution is 2.14. The third-order valence-electron chi connectivity index (χ3n) is 3.01. The van der Waals surface area contributed by atoms with E-state index in [0.717, 1.165) is 5.56 Å². The Bertz CT molecular complexity index is 555. The minimum Gasteiger partial charge on any atom is -0.469 e. The number of ether oxygens (including phenoxy) is 1. The Morgan fingerprint density at radius 2 is 2.00 bits per heavy atom. The monoisotopic (exact) mass is 257 g/mol. The molecule has 5 nitrogen and oxygen atoms in total. The van der Waals surface area contributed by atoms with Crippen molar-refractivity contribution in [2.75, 3.05) is 7.11 Å². The van der Waals surface area contributed by atoms with E-state index in [1.807, 2.05) is 12.1 Å². The predicted molar refractivity (Wildman–Crippen MR) is 68.7 cm³/mol. The number of nitriles is 2. The van der Waals surface area contributed by atoms with Gasteiger partial charge in [0.15, 0.2) is 0 Å². The maximum atomic E-state index is 11.4. The van der Waals surface area contributed by atoms with Crippen molar-refractivity contribution in [3.8, 4) is 12.1 Å². The number of methoxy groups -OCH3 is 1. The number of carbonyl (C=O) groups excluding carboxylic acids is 1. The molecule has 98 valence electrons. The number of hydrogen-bond acceptors (Lipinski definition) is 5. The Labute approximate surface area is 112 Å². The lowest BCUT2D eigenvalue weighted by molar-refractivity contribution is -0.145. The van der Waals surface area contributed by atoms with Crippen LogP contribution < -0.4 is 5.73 Å². The fraction of sp³-hybridized carbons (Fsp3) is 0.357. The molecule has 1 rings (SSSR count). The van der Waals surface area contributed by atoms with Crippen LogP contribution in [0, 0.1) is 28.6 Å². The van der Waals surface area contributed by atoms with Gasteiger partial charge in [-0.05, 0) is 24.1 Å². The van der Waals surface area contributed by atoms with E-state index in [1.165, 1.54) is 7.11 Å². The van der Waals surface area contributed by atoms with Crippen molar-refractivity contribution in [2.45, 2.75) is 19.4 Å². The van der Waals surface area contributed by atoms with Gasteiger partial charge in [0.2, 0.25) is 0 Å². The van der Waals surface area contributed by atoms with E-state index in [1.54, 1.807) is 25.1 Å². The van der Waals surface area contributed by atoms with Gasteiger partial charge in [-0.25, -0.2) is 0 Å². The van der Waals surface area contributed by atoms with E-state index in [-0.39, 0.29) is 5.97 Å². The van der Waals surface area contributed by atoms with Gasteiger partial charge >= 0.3 is 5.97 Å². The van der Waals surface area contributed by atoms with Gasteiger partial charge in [0, 0.05) is 6.04 Å². The minimum absolute atomic E-state index is 0.318. The summed E-state index contributed by atoms with van der Waals surface area (Å²) < 4.78 is 4.64. The van der Waals surface area contributed by atoms with Crippen LogP contribution in [0.3, 0.4) is 0 Å². The molecule has 0 radical (unpaired) electrons. The second kappa shape index (κ2) is 6.53. The van der Waals surface area contributed by atoms with Gasteiger partial charge in [-0.1, -0.05) is 13.0 Å². The molecule has 2 atom stereocenters. The van der Waals surface area contributed by atoms with Crippen LogP contribution in [-0.2, 0) is 16.0 Å². The van der Waals surface area contributed by atoms with Crippen molar-refractivity contribution in [1.29, 1.82) is 10.5 Å². The van der Waals surface area contributed by atoms with Crippen molar-refractivity contribution >= 4 is 5.97 Å². The molecule has 5 heteroatoms. The Morgan fingerprint density at radius 3 is 2.53 bits per heavy atom. The zero-order valence-electron chi connectivity index (χ0n) is 10.9. The summed E-state index contributed by atoms with van der Waals surface area (Å²) in [5.41, 5.74) is 7.41. The third kappa shape index (κ3) is 3.54. The summed E-state index contributed by atoms with van der Waals surface area (Å²) in [4.78, 5) is 11.4. The highest BCUT2D eigenvalue weighted by molar-refractivity contribution is 5.72. The van der Waals surface area contributed by atoms with Crippen LogP contribution in [0.15, 0.2) is 18.2 Å². The maximum Gasteiger partial charge on any atom is 0.309 e. The van der Waals surface area contributed by atoms with Crippen molar-refractivity contribution < 1.29 is 9.53 Å². The molecule has 0 fully saturated rings. The summed E-state index contributed by atoms with van der Waals surface area (Å²) in [7, 11) is 1.32. The quantitative estimate of drug-likeness (QED) is 0.814. The molecular weight excluding hydrogens is 242 g/mol. The first-order chi connectivity index (χ1) is 9.03. The summed E-state index contributed by atoms with van der Waals surface area (Å²) in [5.74, 6) is -0.784. The molecule has 0 aliphatic carbocycles. The van der Waals surface area contributed by atoms with Crippen LogP contribution in [0.1, 0.15) is 23.6 Å². The molecule has 0 saturated heterocycles. The lowest BCUT2D eigenvalue weighted by Crippen LogP contribution is -2.36. The average molecular weight is 257 g/mol. The fourth-order valence-corrected chi connectivity index (χ4v) is 1.72. The topological polar surface area (TPSA) is 99.9 Å². The first-order valence-corrected chi connectivity index (χ1v) is 5.80. The van der Waals surface area contributed by atoms with Gasteiger partial charge in [0.1, 0.15) is 12.1 Å². The van der Waals surface area contributed by atoms with Gasteiger partial charge in [-0.15, -0.1) is 0 Å². The van der Waals surface area contributed by atoms with Crippen LogP contribution in [0.25, 0.3) is 0 Å². The molecule has 2 unspecified atom stereocenters. The second-order valence-electron chi connectivity index (χ2n) is 4.28. The number of esters is 1. The van der Waals surface area contributed by atoms with E-state index in [4.69, 9.17) is 16.3 Å². The van der Waals surface area contributed by atoms with E-state index in [0.29, 0.717) is 17.5 Å². The van der Waals surface area contributed by atoms with Gasteiger partial charge in [0.25, 0.3) is 0 Å². The Hall–Kier alpha value is -2.37. The SMILES string of the molecule is COC(=O)C(C)C(N)Cc1ccc(C#N)c(C#N)c1. The van der Waals surface area contributed by atoms with Crippen LogP contribution in [0.2, 0.25) is 0 Å². The van der Waals surface area contributed by atoms with Crippen molar-refractivity contribution in [2.24, 2.45) is 11.7 Å². The van der Waals surface area contributed by atoms with E-state index >= 15 is 0 Å². The number of carbonyl (C=O) groups is 1. The standard InChI is InChI=1S/C14H15N3O2/c1-9(14(18)19-2)13(17)6-10-3-4-11(7-15)12(5-10)8-16/h3-5,9,13H,6,17H2,1-2H3. The molecule has 0 amide bonds. The first kappa shape index (κ1) is 14.7. The summed E-state index contributed by atoms with van der Waals surface area (Å²) in [6, 6.07) is 8.47. The highest BCUT2D eigenvalue weighted by Gasteiger charge is 2.21. The van der Waals surface area contributed by atoms with E-state index in [2.05, 4.69) is 4.74 Å². The molecule has 1 aromatic carbocycles. The first-order valence-electron chi connectivity index (χ1n) is 5.80. The van der Waals surface area contributed by atoms with Gasteiger partial charge in [0.05, 0.1) is 24.2 Å². The predicted octanol–water partition coefficient (Wildman–Crippen LogP) is 1.11. The number of nitrogens with zero attached hydrogens (tertiary/aromatic N) is 2. The van der Waals surface area contributed by atoms with Crippen LogP contribution in [-0.4, -0.2) is 19.1 Å². The van der Waals surface area contributed by atoms with Gasteiger partial charge < -0.3 is 10.5 Å². The fourth-order valence-electron chi connectivity index (χ4n) is 1.72. The molecule has 0 aliphatic rings. The molecule has 0 heterocycles. The zero-order chi connectivity index (χ0) is 14.4. The van der Waals surface area contributed by atoms with Crippen LogP contribution >= 0.6 is 0 Å². The Balaban J connectivity index is 2.87. The molecule has 0 spiro atoms. The molecule has 0 aliphatic heterocycles. The second-order valence-corrected chi connectivity index (χ2v) is 4.28. The summed E-state index contributed by atoms with van der Waals surface area (Å²) in [6.07, 6.45) is 0.441.